The minimum Gasteiger partial charge on any atom is -0.507 e. The van der Waals surface area contributed by atoms with E-state index in [1.165, 1.54) is 6.07 Å². The maximum absolute atomic E-state index is 13.8. The number of aliphatic hydroxyl groups excluding tert-OH is 1. The fraction of sp³-hybridized carbons (Fsp3) is 0.393. The van der Waals surface area contributed by atoms with Crippen molar-refractivity contribution in [1.82, 2.24) is 0 Å². The molecule has 3 aliphatic rings. The van der Waals surface area contributed by atoms with Gasteiger partial charge in [0.1, 0.15) is 17.5 Å². The number of carbonyl (C=O) groups excluding carboxylic acids is 5. The molecule has 186 valence electrons. The van der Waals surface area contributed by atoms with Crippen molar-refractivity contribution in [2.24, 2.45) is 23.7 Å². The van der Waals surface area contributed by atoms with Crippen LogP contribution in [0.5, 0.6) is 5.75 Å². The lowest BCUT2D eigenvalue weighted by atomic mass is 9.50. The number of hydrogen-bond acceptors (Lipinski definition) is 8. The van der Waals surface area contributed by atoms with Gasteiger partial charge in [-0.3, -0.25) is 24.0 Å². The van der Waals surface area contributed by atoms with Gasteiger partial charge in [0.2, 0.25) is 0 Å². The Labute approximate surface area is 207 Å². The van der Waals surface area contributed by atoms with Crippen molar-refractivity contribution >= 4 is 28.9 Å². The molecule has 0 saturated heterocycles. The molecule has 0 aromatic heterocycles. The van der Waals surface area contributed by atoms with Gasteiger partial charge in [-0.25, -0.2) is 0 Å². The van der Waals surface area contributed by atoms with Crippen LogP contribution >= 0.6 is 0 Å². The van der Waals surface area contributed by atoms with Gasteiger partial charge in [-0.05, 0) is 42.9 Å². The second-order valence-corrected chi connectivity index (χ2v) is 10.1. The number of ketones is 5. The number of aryl methyl sites for hydroxylation is 1. The normalized spacial score (nSPS) is 33.5. The van der Waals surface area contributed by atoms with E-state index in [9.17, 15) is 39.3 Å². The first-order valence-electron chi connectivity index (χ1n) is 12.0. The van der Waals surface area contributed by atoms with E-state index in [1.807, 2.05) is 30.3 Å². The third kappa shape index (κ3) is 3.32. The maximum atomic E-state index is 13.8. The van der Waals surface area contributed by atoms with E-state index in [0.717, 1.165) is 12.5 Å². The van der Waals surface area contributed by atoms with Crippen LogP contribution in [0.1, 0.15) is 47.2 Å². The SMILES string of the molecule is CC(=O)C1C(=O)C[C@@H]2[C@@H](O)[C@H]3C(C(=O)c4c(O)cccc4[C@@H]3CCc3ccccc3)C(=O)[C@]2(O)C1=O. The summed E-state index contributed by atoms with van der Waals surface area (Å²) in [6, 6.07) is 14.1. The van der Waals surface area contributed by atoms with Crippen LogP contribution in [0.25, 0.3) is 0 Å². The number of benzene rings is 2. The van der Waals surface area contributed by atoms with Gasteiger partial charge in [0.25, 0.3) is 0 Å². The number of aliphatic hydroxyl groups is 2. The predicted molar refractivity (Wildman–Crippen MR) is 125 cm³/mol. The molecule has 2 saturated carbocycles. The van der Waals surface area contributed by atoms with E-state index in [2.05, 4.69) is 0 Å². The molecule has 2 aromatic carbocycles. The van der Waals surface area contributed by atoms with Gasteiger partial charge < -0.3 is 15.3 Å². The first-order valence-corrected chi connectivity index (χ1v) is 12.0. The third-order valence-electron chi connectivity index (χ3n) is 8.23. The fourth-order valence-electron chi connectivity index (χ4n) is 6.57. The van der Waals surface area contributed by atoms with Gasteiger partial charge >= 0.3 is 0 Å². The molecule has 3 N–H and O–H groups in total. The molecule has 0 bridgehead atoms. The molecule has 0 spiro atoms. The number of Topliss-reactive ketones (excluding diaryl/α,β-unsaturated/α-hetero) is 5. The summed E-state index contributed by atoms with van der Waals surface area (Å²) in [5.74, 6) is -11.5. The van der Waals surface area contributed by atoms with Crippen molar-refractivity contribution < 1.29 is 39.3 Å². The molecule has 5 rings (SSSR count). The number of carbonyl (C=O) groups is 5. The molecule has 0 radical (unpaired) electrons. The standard InChI is InChI=1S/C28H26O8/c1-13(29)20-19(31)12-17-24(32)22-16(11-10-14-6-3-2-4-7-14)15-8-5-9-18(30)21(15)25(33)23(22)27(35)28(17,36)26(20)34/h2-9,16-17,20,22-24,30,32,36H,10-12H2,1H3/t16-,17+,20?,22+,23?,24+,28+/m0/s1. The molecule has 2 unspecified atom stereocenters. The minimum atomic E-state index is -2.84. The Bertz CT molecular complexity index is 1300. The second-order valence-electron chi connectivity index (χ2n) is 10.1. The number of phenolic OH excluding ortho intramolecular Hbond substituents is 1. The molecule has 0 heterocycles. The van der Waals surface area contributed by atoms with E-state index < -0.39 is 76.6 Å². The molecule has 0 amide bonds. The number of rotatable bonds is 4. The van der Waals surface area contributed by atoms with E-state index in [1.54, 1.807) is 12.1 Å². The van der Waals surface area contributed by atoms with Crippen LogP contribution in [-0.2, 0) is 25.6 Å². The van der Waals surface area contributed by atoms with Crippen LogP contribution in [0.15, 0.2) is 48.5 Å². The Kier molecular flexibility index (Phi) is 5.76. The highest BCUT2D eigenvalue weighted by atomic mass is 16.3. The van der Waals surface area contributed by atoms with Gasteiger partial charge in [0.05, 0.1) is 17.6 Å². The molecule has 36 heavy (non-hydrogen) atoms. The number of aromatic hydroxyl groups is 1. The van der Waals surface area contributed by atoms with Crippen molar-refractivity contribution in [2.45, 2.75) is 43.8 Å². The van der Waals surface area contributed by atoms with Crippen molar-refractivity contribution in [3.63, 3.8) is 0 Å². The topological polar surface area (TPSA) is 146 Å². The summed E-state index contributed by atoms with van der Waals surface area (Å²) in [6.45, 7) is 1.02. The van der Waals surface area contributed by atoms with E-state index in [0.29, 0.717) is 18.4 Å². The Balaban J connectivity index is 1.63. The van der Waals surface area contributed by atoms with Gasteiger partial charge in [-0.15, -0.1) is 0 Å². The van der Waals surface area contributed by atoms with Crippen LogP contribution < -0.4 is 0 Å². The fourth-order valence-corrected chi connectivity index (χ4v) is 6.57. The smallest absolute Gasteiger partial charge is 0.190 e. The molecule has 2 fully saturated rings. The lowest BCUT2D eigenvalue weighted by Crippen LogP contribution is -2.72. The highest BCUT2D eigenvalue weighted by Crippen LogP contribution is 2.55. The summed E-state index contributed by atoms with van der Waals surface area (Å²) in [7, 11) is 0. The molecule has 2 aromatic rings. The zero-order valence-corrected chi connectivity index (χ0v) is 19.6. The summed E-state index contributed by atoms with van der Waals surface area (Å²) in [5.41, 5.74) is -1.44. The summed E-state index contributed by atoms with van der Waals surface area (Å²) in [5, 5.41) is 33.5. The van der Waals surface area contributed by atoms with Crippen LogP contribution in [0.4, 0.5) is 0 Å². The predicted octanol–water partition coefficient (Wildman–Crippen LogP) is 1.58. The summed E-state index contributed by atoms with van der Waals surface area (Å²) >= 11 is 0. The van der Waals surface area contributed by atoms with Crippen LogP contribution in [-0.4, -0.2) is 55.9 Å². The van der Waals surface area contributed by atoms with E-state index in [4.69, 9.17) is 0 Å². The molecule has 8 heteroatoms. The van der Waals surface area contributed by atoms with E-state index in [-0.39, 0.29) is 11.3 Å². The first kappa shape index (κ1) is 24.2. The number of fused-ring (bicyclic) bond motifs is 3. The van der Waals surface area contributed by atoms with Crippen LogP contribution in [0.3, 0.4) is 0 Å². The minimum absolute atomic E-state index is 0.0677. The summed E-state index contributed by atoms with van der Waals surface area (Å²) < 4.78 is 0. The Hall–Kier alpha value is -3.49. The molecular formula is C28H26O8. The van der Waals surface area contributed by atoms with Gasteiger partial charge in [-0.2, -0.15) is 0 Å². The zero-order chi connectivity index (χ0) is 25.9. The summed E-state index contributed by atoms with van der Waals surface area (Å²) in [4.78, 5) is 65.3. The van der Waals surface area contributed by atoms with Crippen molar-refractivity contribution in [3.05, 3.63) is 65.2 Å². The highest BCUT2D eigenvalue weighted by Gasteiger charge is 2.69. The largest absolute Gasteiger partial charge is 0.507 e. The molecular weight excluding hydrogens is 464 g/mol. The average molecular weight is 491 g/mol. The van der Waals surface area contributed by atoms with Crippen molar-refractivity contribution in [1.29, 1.82) is 0 Å². The third-order valence-corrected chi connectivity index (χ3v) is 8.23. The number of phenols is 1. The molecule has 8 nitrogen and oxygen atoms in total. The molecule has 7 atom stereocenters. The highest BCUT2D eigenvalue weighted by molar-refractivity contribution is 6.31. The Morgan fingerprint density at radius 2 is 1.69 bits per heavy atom. The Morgan fingerprint density at radius 3 is 2.36 bits per heavy atom. The van der Waals surface area contributed by atoms with Crippen molar-refractivity contribution in [3.8, 4) is 5.75 Å². The monoisotopic (exact) mass is 490 g/mol. The summed E-state index contributed by atoms with van der Waals surface area (Å²) in [6.07, 6.45) is -1.13. The number of hydrogen-bond donors (Lipinski definition) is 3. The maximum Gasteiger partial charge on any atom is 0.190 e. The average Bonchev–Trinajstić information content (AvgIpc) is 2.84. The van der Waals surface area contributed by atoms with Gasteiger partial charge in [0, 0.05) is 18.3 Å². The second kappa shape index (κ2) is 8.57. The molecule has 3 aliphatic carbocycles. The lowest BCUT2D eigenvalue weighted by Gasteiger charge is -2.53. The zero-order valence-electron chi connectivity index (χ0n) is 19.6. The molecule has 0 aliphatic heterocycles. The van der Waals surface area contributed by atoms with E-state index >= 15 is 0 Å². The first-order chi connectivity index (χ1) is 17.1. The Morgan fingerprint density at radius 1 is 1.00 bits per heavy atom. The van der Waals surface area contributed by atoms with Crippen LogP contribution in [0, 0.1) is 23.7 Å². The van der Waals surface area contributed by atoms with Crippen LogP contribution in [0.2, 0.25) is 0 Å². The van der Waals surface area contributed by atoms with Gasteiger partial charge in [0.15, 0.2) is 28.7 Å². The quantitative estimate of drug-likeness (QED) is 0.548. The van der Waals surface area contributed by atoms with Crippen molar-refractivity contribution in [2.75, 3.05) is 0 Å². The van der Waals surface area contributed by atoms with Gasteiger partial charge in [-0.1, -0.05) is 42.5 Å². The lowest BCUT2D eigenvalue weighted by molar-refractivity contribution is -0.189.